The van der Waals surface area contributed by atoms with Gasteiger partial charge >= 0.3 is 5.97 Å². The lowest BCUT2D eigenvalue weighted by Gasteiger charge is -1.99. The molecule has 0 unspecified atom stereocenters. The van der Waals surface area contributed by atoms with Crippen molar-refractivity contribution in [1.82, 2.24) is 4.57 Å². The molecule has 76 valence electrons. The molecule has 1 heterocycles. The van der Waals surface area contributed by atoms with Gasteiger partial charge in [0.15, 0.2) is 6.54 Å². The van der Waals surface area contributed by atoms with Crippen molar-refractivity contribution < 1.29 is 24.4 Å². The van der Waals surface area contributed by atoms with Gasteiger partial charge in [0.25, 0.3) is 5.82 Å². The van der Waals surface area contributed by atoms with Crippen LogP contribution in [0.2, 0.25) is 0 Å². The highest BCUT2D eigenvalue weighted by molar-refractivity contribution is 5.65. The van der Waals surface area contributed by atoms with E-state index in [1.54, 1.807) is 6.92 Å². The maximum absolute atomic E-state index is 10.4. The predicted molar refractivity (Wildman–Crippen MR) is 42.0 cm³/mol. The van der Waals surface area contributed by atoms with Gasteiger partial charge < -0.3 is 15.0 Å². The number of rotatable bonds is 4. The molecule has 0 bridgehead atoms. The molecule has 0 aliphatic rings. The van der Waals surface area contributed by atoms with E-state index in [1.807, 2.05) is 0 Å². The first-order chi connectivity index (χ1) is 6.50. The average Bonchev–Trinajstić information content (AvgIpc) is 2.34. The maximum Gasteiger partial charge on any atom is 0.346 e. The van der Waals surface area contributed by atoms with Gasteiger partial charge in [0.05, 0.1) is 5.97 Å². The SMILES string of the molecule is Cc1n(CC(=O)[O-])cc[n+]1CC(=O)O. The summed E-state index contributed by atoms with van der Waals surface area (Å²) in [4.78, 5) is 20.7. The van der Waals surface area contributed by atoms with E-state index in [4.69, 9.17) is 5.11 Å². The van der Waals surface area contributed by atoms with Crippen molar-refractivity contribution in [1.29, 1.82) is 0 Å². The number of carbonyl (C=O) groups is 2. The molecule has 14 heavy (non-hydrogen) atoms. The van der Waals surface area contributed by atoms with E-state index in [9.17, 15) is 14.7 Å². The van der Waals surface area contributed by atoms with Crippen molar-refractivity contribution in [3.8, 4) is 0 Å². The second kappa shape index (κ2) is 3.91. The molecule has 0 spiro atoms. The highest BCUT2D eigenvalue weighted by Crippen LogP contribution is 1.92. The standard InChI is InChI=1S/C8H10N2O4/c1-6-9(4-7(11)12)2-3-10(6)5-8(13)14/h2-3H,4-5H2,1H3,(H-,11,12,13,14). The van der Waals surface area contributed by atoms with Gasteiger partial charge in [-0.25, -0.2) is 13.9 Å². The third-order valence-corrected chi connectivity index (χ3v) is 1.86. The summed E-state index contributed by atoms with van der Waals surface area (Å²) in [6.45, 7) is 1.20. The number of imidazole rings is 1. The Bertz CT molecular complexity index is 336. The zero-order chi connectivity index (χ0) is 10.7. The van der Waals surface area contributed by atoms with Crippen molar-refractivity contribution in [3.05, 3.63) is 18.2 Å². The highest BCUT2D eigenvalue weighted by atomic mass is 16.4. The summed E-state index contributed by atoms with van der Waals surface area (Å²) in [5, 5.41) is 18.8. The van der Waals surface area contributed by atoms with Crippen molar-refractivity contribution in [2.24, 2.45) is 0 Å². The largest absolute Gasteiger partial charge is 0.546 e. The minimum Gasteiger partial charge on any atom is -0.546 e. The van der Waals surface area contributed by atoms with Crippen LogP contribution >= 0.6 is 0 Å². The van der Waals surface area contributed by atoms with Gasteiger partial charge in [-0.2, -0.15) is 0 Å². The predicted octanol–water partition coefficient (Wildman–Crippen LogP) is -2.08. The minimum absolute atomic E-state index is 0.175. The summed E-state index contributed by atoms with van der Waals surface area (Å²) in [5.74, 6) is -1.60. The Hall–Kier alpha value is -1.85. The van der Waals surface area contributed by atoms with Crippen LogP contribution in [0.15, 0.2) is 12.4 Å². The summed E-state index contributed by atoms with van der Waals surface area (Å²) >= 11 is 0. The normalized spacial score (nSPS) is 10.1. The second-order valence-electron chi connectivity index (χ2n) is 2.87. The van der Waals surface area contributed by atoms with Crippen LogP contribution < -0.4 is 9.67 Å². The van der Waals surface area contributed by atoms with E-state index in [0.29, 0.717) is 5.82 Å². The van der Waals surface area contributed by atoms with Crippen LogP contribution in [0.1, 0.15) is 5.82 Å². The number of nitrogens with zero attached hydrogens (tertiary/aromatic N) is 2. The Labute approximate surface area is 80.0 Å². The first-order valence-corrected chi connectivity index (χ1v) is 3.97. The molecule has 0 fully saturated rings. The van der Waals surface area contributed by atoms with Crippen molar-refractivity contribution in [3.63, 3.8) is 0 Å². The Morgan fingerprint density at radius 2 is 2.29 bits per heavy atom. The van der Waals surface area contributed by atoms with E-state index < -0.39 is 11.9 Å². The first-order valence-electron chi connectivity index (χ1n) is 3.97. The lowest BCUT2D eigenvalue weighted by molar-refractivity contribution is -0.691. The molecule has 0 aromatic carbocycles. The molecule has 0 amide bonds. The van der Waals surface area contributed by atoms with Crippen LogP contribution in [-0.2, 0) is 22.7 Å². The highest BCUT2D eigenvalue weighted by Gasteiger charge is 2.14. The molecule has 0 aliphatic heterocycles. The van der Waals surface area contributed by atoms with Crippen molar-refractivity contribution in [2.45, 2.75) is 20.0 Å². The second-order valence-corrected chi connectivity index (χ2v) is 2.87. The summed E-state index contributed by atoms with van der Waals surface area (Å²) in [5.41, 5.74) is 0. The van der Waals surface area contributed by atoms with Crippen LogP contribution in [-0.4, -0.2) is 21.6 Å². The average molecular weight is 198 g/mol. The molecule has 1 N–H and O–H groups in total. The van der Waals surface area contributed by atoms with Gasteiger partial charge in [0, 0.05) is 6.92 Å². The molecule has 1 aromatic heterocycles. The Morgan fingerprint density at radius 1 is 1.64 bits per heavy atom. The zero-order valence-electron chi connectivity index (χ0n) is 7.64. The summed E-state index contributed by atoms with van der Waals surface area (Å²) in [7, 11) is 0. The minimum atomic E-state index is -1.20. The van der Waals surface area contributed by atoms with Gasteiger partial charge in [-0.1, -0.05) is 0 Å². The van der Waals surface area contributed by atoms with Gasteiger partial charge in [-0.3, -0.25) is 0 Å². The fraction of sp³-hybridized carbons (Fsp3) is 0.375. The Morgan fingerprint density at radius 3 is 2.79 bits per heavy atom. The van der Waals surface area contributed by atoms with Gasteiger partial charge in [-0.15, -0.1) is 0 Å². The molecule has 0 atom stereocenters. The molecular formula is C8H10N2O4. The molecule has 0 saturated heterocycles. The molecule has 0 saturated carbocycles. The first kappa shape index (κ1) is 10.2. The maximum atomic E-state index is 10.4. The summed E-state index contributed by atoms with van der Waals surface area (Å²) < 4.78 is 2.86. The van der Waals surface area contributed by atoms with E-state index >= 15 is 0 Å². The molecular weight excluding hydrogens is 188 g/mol. The van der Waals surface area contributed by atoms with Crippen LogP contribution in [0.4, 0.5) is 0 Å². The molecule has 1 aromatic rings. The van der Waals surface area contributed by atoms with Crippen molar-refractivity contribution in [2.75, 3.05) is 0 Å². The number of carboxylic acids is 2. The van der Waals surface area contributed by atoms with Crippen molar-refractivity contribution >= 4 is 11.9 Å². The van der Waals surface area contributed by atoms with Gasteiger partial charge in [0.2, 0.25) is 0 Å². The number of hydrogen-bond acceptors (Lipinski definition) is 3. The molecule has 1 rings (SSSR count). The lowest BCUT2D eigenvalue weighted by atomic mass is 10.5. The monoisotopic (exact) mass is 198 g/mol. The summed E-state index contributed by atoms with van der Waals surface area (Å²) in [6.07, 6.45) is 3.03. The quantitative estimate of drug-likeness (QED) is 0.562. The van der Waals surface area contributed by atoms with E-state index in [-0.39, 0.29) is 13.1 Å². The number of carbonyl (C=O) groups excluding carboxylic acids is 1. The van der Waals surface area contributed by atoms with Crippen LogP contribution in [0.3, 0.4) is 0 Å². The van der Waals surface area contributed by atoms with Crippen LogP contribution in [0.5, 0.6) is 0 Å². The number of aliphatic carboxylic acids is 2. The topological polar surface area (TPSA) is 86.2 Å². The number of carboxylic acid groups (broad SMARTS) is 2. The van der Waals surface area contributed by atoms with Crippen LogP contribution in [0.25, 0.3) is 0 Å². The third-order valence-electron chi connectivity index (χ3n) is 1.86. The van der Waals surface area contributed by atoms with Gasteiger partial charge in [-0.05, 0) is 0 Å². The summed E-state index contributed by atoms with van der Waals surface area (Å²) in [6, 6.07) is 0. The van der Waals surface area contributed by atoms with E-state index in [2.05, 4.69) is 0 Å². The lowest BCUT2D eigenvalue weighted by Crippen LogP contribution is -2.40. The zero-order valence-corrected chi connectivity index (χ0v) is 7.64. The third kappa shape index (κ3) is 2.32. The number of hydrogen-bond donors (Lipinski definition) is 1. The fourth-order valence-corrected chi connectivity index (χ4v) is 1.16. The van der Waals surface area contributed by atoms with Crippen LogP contribution in [0, 0.1) is 6.92 Å². The molecule has 0 aliphatic carbocycles. The fourth-order valence-electron chi connectivity index (χ4n) is 1.16. The van der Waals surface area contributed by atoms with E-state index in [0.717, 1.165) is 0 Å². The Balaban J connectivity index is 2.85. The molecule has 6 heteroatoms. The molecule has 6 nitrogen and oxygen atoms in total. The molecule has 0 radical (unpaired) electrons. The van der Waals surface area contributed by atoms with E-state index in [1.165, 1.54) is 21.5 Å². The smallest absolute Gasteiger partial charge is 0.346 e. The number of aromatic nitrogens is 2. The van der Waals surface area contributed by atoms with Gasteiger partial charge in [0.1, 0.15) is 18.9 Å². The Kier molecular flexibility index (Phi) is 2.85.